The standard InChI is InChI=1S/C23H24O12/c1-31-13-5-9(3-4-12(13)34-23-20(30)19(29)17(27)15(8-24)35-23)21-22(32-2)18(28)16-11(26)6-10(25)7-14(16)33-21/h3-7,15,17,19-20,23-27,29-30H,8H2,1-2H3/t15-,17-,19+,20-,23-/m1/s1. The van der Waals surface area contributed by atoms with Gasteiger partial charge in [0.05, 0.1) is 20.8 Å². The number of aromatic hydroxyl groups is 2. The molecule has 188 valence electrons. The van der Waals surface area contributed by atoms with Gasteiger partial charge >= 0.3 is 0 Å². The van der Waals surface area contributed by atoms with Gasteiger partial charge in [0, 0.05) is 17.7 Å². The number of phenols is 2. The molecule has 1 aromatic heterocycles. The smallest absolute Gasteiger partial charge is 0.239 e. The van der Waals surface area contributed by atoms with E-state index in [1.807, 2.05) is 0 Å². The molecule has 0 radical (unpaired) electrons. The summed E-state index contributed by atoms with van der Waals surface area (Å²) in [7, 11) is 2.59. The third-order valence-corrected chi connectivity index (χ3v) is 5.64. The topological polar surface area (TPSA) is 189 Å². The van der Waals surface area contributed by atoms with E-state index in [1.54, 1.807) is 0 Å². The Hall–Kier alpha value is -3.55. The Morgan fingerprint density at radius 2 is 1.69 bits per heavy atom. The molecule has 0 bridgehead atoms. The second-order valence-corrected chi connectivity index (χ2v) is 7.81. The van der Waals surface area contributed by atoms with Crippen LogP contribution in [-0.2, 0) is 4.74 Å². The Balaban J connectivity index is 1.74. The Kier molecular flexibility index (Phi) is 6.74. The van der Waals surface area contributed by atoms with Gasteiger partial charge in [0.2, 0.25) is 17.5 Å². The molecule has 1 aliphatic rings. The van der Waals surface area contributed by atoms with E-state index in [1.165, 1.54) is 38.5 Å². The molecule has 1 saturated heterocycles. The number of benzene rings is 2. The summed E-state index contributed by atoms with van der Waals surface area (Å²) in [5.41, 5.74) is -0.438. The van der Waals surface area contributed by atoms with E-state index in [-0.39, 0.29) is 39.7 Å². The third-order valence-electron chi connectivity index (χ3n) is 5.64. The van der Waals surface area contributed by atoms with Crippen LogP contribution in [0.3, 0.4) is 0 Å². The SMILES string of the molecule is COc1cc(-c2oc3cc(O)cc(O)c3c(=O)c2OC)ccc1O[C@@H]1O[C@H](CO)[C@@H](O)[C@H](O)[C@H]1O. The zero-order valence-corrected chi connectivity index (χ0v) is 18.6. The minimum Gasteiger partial charge on any atom is -0.508 e. The van der Waals surface area contributed by atoms with Crippen molar-refractivity contribution in [1.29, 1.82) is 0 Å². The number of phenolic OH excluding ortho intramolecular Hbond substituents is 2. The number of fused-ring (bicyclic) bond motifs is 1. The van der Waals surface area contributed by atoms with E-state index in [0.717, 1.165) is 6.07 Å². The first-order valence-electron chi connectivity index (χ1n) is 10.4. The van der Waals surface area contributed by atoms with Crippen molar-refractivity contribution < 1.29 is 54.0 Å². The number of ether oxygens (including phenoxy) is 4. The fourth-order valence-corrected chi connectivity index (χ4v) is 3.84. The molecule has 0 spiro atoms. The lowest BCUT2D eigenvalue weighted by Gasteiger charge is -2.39. The maximum absolute atomic E-state index is 12.9. The van der Waals surface area contributed by atoms with Gasteiger partial charge in [-0.05, 0) is 18.2 Å². The Labute approximate surface area is 197 Å². The van der Waals surface area contributed by atoms with Gasteiger partial charge in [0.1, 0.15) is 46.9 Å². The van der Waals surface area contributed by atoms with Crippen molar-refractivity contribution in [3.8, 4) is 40.1 Å². The van der Waals surface area contributed by atoms with Crippen LogP contribution in [0.5, 0.6) is 28.7 Å². The second-order valence-electron chi connectivity index (χ2n) is 7.81. The maximum atomic E-state index is 12.9. The van der Waals surface area contributed by atoms with E-state index >= 15 is 0 Å². The molecule has 5 atom stereocenters. The van der Waals surface area contributed by atoms with Gasteiger partial charge in [-0.1, -0.05) is 0 Å². The molecular weight excluding hydrogens is 468 g/mol. The molecule has 4 rings (SSSR count). The van der Waals surface area contributed by atoms with Crippen molar-refractivity contribution in [2.24, 2.45) is 0 Å². The van der Waals surface area contributed by atoms with Crippen molar-refractivity contribution in [1.82, 2.24) is 0 Å². The largest absolute Gasteiger partial charge is 0.508 e. The zero-order valence-electron chi connectivity index (χ0n) is 18.6. The van der Waals surface area contributed by atoms with Crippen LogP contribution in [0, 0.1) is 0 Å². The summed E-state index contributed by atoms with van der Waals surface area (Å²) in [6.07, 6.45) is -7.39. The van der Waals surface area contributed by atoms with Crippen molar-refractivity contribution in [3.05, 3.63) is 40.6 Å². The Bertz CT molecular complexity index is 1280. The highest BCUT2D eigenvalue weighted by Crippen LogP contribution is 2.39. The number of aliphatic hydroxyl groups excluding tert-OH is 4. The number of methoxy groups -OCH3 is 2. The number of hydrogen-bond donors (Lipinski definition) is 6. The molecule has 1 aliphatic heterocycles. The minimum absolute atomic E-state index is 0.0207. The second kappa shape index (κ2) is 9.60. The molecular formula is C23H24O12. The van der Waals surface area contributed by atoms with Gasteiger partial charge in [-0.25, -0.2) is 0 Å². The number of aliphatic hydroxyl groups is 4. The van der Waals surface area contributed by atoms with Crippen LogP contribution in [0.1, 0.15) is 0 Å². The summed E-state index contributed by atoms with van der Waals surface area (Å²) in [6, 6.07) is 6.52. The molecule has 0 saturated carbocycles. The van der Waals surface area contributed by atoms with Crippen molar-refractivity contribution in [3.63, 3.8) is 0 Å². The monoisotopic (exact) mass is 492 g/mol. The van der Waals surface area contributed by atoms with Gasteiger partial charge in [-0.2, -0.15) is 0 Å². The van der Waals surface area contributed by atoms with Crippen molar-refractivity contribution >= 4 is 11.0 Å². The fraction of sp³-hybridized carbons (Fsp3) is 0.348. The van der Waals surface area contributed by atoms with E-state index in [9.17, 15) is 35.4 Å². The summed E-state index contributed by atoms with van der Waals surface area (Å²) in [6.45, 7) is -0.618. The van der Waals surface area contributed by atoms with Crippen LogP contribution >= 0.6 is 0 Å². The van der Waals surface area contributed by atoms with E-state index in [2.05, 4.69) is 0 Å². The molecule has 0 amide bonds. The average molecular weight is 492 g/mol. The quantitative estimate of drug-likeness (QED) is 0.272. The van der Waals surface area contributed by atoms with E-state index in [0.29, 0.717) is 5.56 Å². The molecule has 0 unspecified atom stereocenters. The molecule has 12 heteroatoms. The normalized spacial score (nSPS) is 24.3. The van der Waals surface area contributed by atoms with Crippen molar-refractivity contribution in [2.75, 3.05) is 20.8 Å². The van der Waals surface area contributed by atoms with Gasteiger partial charge in [0.25, 0.3) is 0 Å². The van der Waals surface area contributed by atoms with Gasteiger partial charge in [-0.15, -0.1) is 0 Å². The lowest BCUT2D eigenvalue weighted by Crippen LogP contribution is -2.60. The molecule has 3 aromatic rings. The lowest BCUT2D eigenvalue weighted by molar-refractivity contribution is -0.277. The number of rotatable bonds is 6. The predicted molar refractivity (Wildman–Crippen MR) is 119 cm³/mol. The molecule has 12 nitrogen and oxygen atoms in total. The van der Waals surface area contributed by atoms with Crippen LogP contribution < -0.4 is 19.6 Å². The van der Waals surface area contributed by atoms with Crippen molar-refractivity contribution in [2.45, 2.75) is 30.7 Å². The first kappa shape index (κ1) is 24.6. The molecule has 35 heavy (non-hydrogen) atoms. The first-order valence-corrected chi connectivity index (χ1v) is 10.4. The lowest BCUT2D eigenvalue weighted by atomic mass is 9.99. The Morgan fingerprint density at radius 3 is 2.34 bits per heavy atom. The summed E-state index contributed by atoms with van der Waals surface area (Å²) in [5.74, 6) is -0.827. The zero-order chi connectivity index (χ0) is 25.4. The van der Waals surface area contributed by atoms with Crippen LogP contribution in [0.2, 0.25) is 0 Å². The summed E-state index contributed by atoms with van der Waals surface area (Å²) in [4.78, 5) is 12.9. The van der Waals surface area contributed by atoms with Crippen LogP contribution in [-0.4, -0.2) is 82.2 Å². The molecule has 1 fully saturated rings. The first-order chi connectivity index (χ1) is 16.7. The van der Waals surface area contributed by atoms with Gasteiger partial charge in [0.15, 0.2) is 17.3 Å². The molecule has 6 N–H and O–H groups in total. The average Bonchev–Trinajstić information content (AvgIpc) is 2.83. The van der Waals surface area contributed by atoms with Crippen LogP contribution in [0.15, 0.2) is 39.5 Å². The van der Waals surface area contributed by atoms with E-state index < -0.39 is 48.5 Å². The molecule has 0 aliphatic carbocycles. The van der Waals surface area contributed by atoms with E-state index in [4.69, 9.17) is 23.4 Å². The van der Waals surface area contributed by atoms with Gasteiger partial charge < -0.3 is 54.0 Å². The predicted octanol–water partition coefficient (Wildman–Crippen LogP) is 0.0671. The highest BCUT2D eigenvalue weighted by molar-refractivity contribution is 5.88. The number of hydrogen-bond acceptors (Lipinski definition) is 12. The van der Waals surface area contributed by atoms with Crippen LogP contribution in [0.25, 0.3) is 22.3 Å². The summed E-state index contributed by atoms with van der Waals surface area (Å²) in [5, 5.41) is 59.2. The highest BCUT2D eigenvalue weighted by Gasteiger charge is 2.45. The minimum atomic E-state index is -1.63. The highest BCUT2D eigenvalue weighted by atomic mass is 16.7. The third kappa shape index (κ3) is 4.33. The summed E-state index contributed by atoms with van der Waals surface area (Å²) < 4.78 is 27.4. The fourth-order valence-electron chi connectivity index (χ4n) is 3.84. The Morgan fingerprint density at radius 1 is 0.943 bits per heavy atom. The maximum Gasteiger partial charge on any atom is 0.239 e. The van der Waals surface area contributed by atoms with Gasteiger partial charge in [-0.3, -0.25) is 4.79 Å². The molecule has 2 heterocycles. The van der Waals surface area contributed by atoms with Crippen LogP contribution in [0.4, 0.5) is 0 Å². The summed E-state index contributed by atoms with van der Waals surface area (Å²) >= 11 is 0. The molecule has 2 aromatic carbocycles.